The molecule has 0 fully saturated rings. The molecule has 2 N–H and O–H groups in total. The van der Waals surface area contributed by atoms with E-state index in [2.05, 4.69) is 62.5 Å². The van der Waals surface area contributed by atoms with Crippen LogP contribution < -0.4 is 10.6 Å². The summed E-state index contributed by atoms with van der Waals surface area (Å²) in [6.07, 6.45) is 2.63. The Bertz CT molecular complexity index is 606. The molecule has 0 bridgehead atoms. The second kappa shape index (κ2) is 7.61. The summed E-state index contributed by atoms with van der Waals surface area (Å²) < 4.78 is 1.05. The standard InChI is InChI=1S/C15H18BrClN4/c1-3-7-18-15-19-9-13(17)14(21-15)20-10(2)11-5-4-6-12(16)8-11/h4-6,8-10H,3,7H2,1-2H3,(H2,18,19,20,21). The molecule has 0 spiro atoms. The van der Waals surface area contributed by atoms with Crippen molar-refractivity contribution in [3.05, 3.63) is 45.5 Å². The van der Waals surface area contributed by atoms with E-state index in [1.165, 1.54) is 0 Å². The predicted octanol–water partition coefficient (Wildman–Crippen LogP) is 4.89. The van der Waals surface area contributed by atoms with E-state index in [9.17, 15) is 0 Å². The smallest absolute Gasteiger partial charge is 0.224 e. The molecule has 1 atom stereocenters. The van der Waals surface area contributed by atoms with E-state index in [4.69, 9.17) is 11.6 Å². The number of benzene rings is 1. The highest BCUT2D eigenvalue weighted by atomic mass is 79.9. The fraction of sp³-hybridized carbons (Fsp3) is 0.333. The van der Waals surface area contributed by atoms with E-state index in [0.29, 0.717) is 16.8 Å². The summed E-state index contributed by atoms with van der Waals surface area (Å²) in [7, 11) is 0. The monoisotopic (exact) mass is 368 g/mol. The molecule has 1 aromatic carbocycles. The molecular weight excluding hydrogens is 352 g/mol. The van der Waals surface area contributed by atoms with Gasteiger partial charge in [0.05, 0.1) is 12.2 Å². The van der Waals surface area contributed by atoms with Crippen LogP contribution in [0.15, 0.2) is 34.9 Å². The highest BCUT2D eigenvalue weighted by molar-refractivity contribution is 9.10. The number of hydrogen-bond acceptors (Lipinski definition) is 4. The van der Waals surface area contributed by atoms with Gasteiger partial charge in [0.25, 0.3) is 0 Å². The molecule has 4 nitrogen and oxygen atoms in total. The van der Waals surface area contributed by atoms with Gasteiger partial charge < -0.3 is 10.6 Å². The first-order valence-corrected chi connectivity index (χ1v) is 8.05. The minimum Gasteiger partial charge on any atom is -0.362 e. The molecular formula is C15H18BrClN4. The number of aromatic nitrogens is 2. The maximum absolute atomic E-state index is 6.17. The Morgan fingerprint density at radius 3 is 2.90 bits per heavy atom. The van der Waals surface area contributed by atoms with Gasteiger partial charge in [-0.05, 0) is 31.0 Å². The van der Waals surface area contributed by atoms with E-state index in [0.717, 1.165) is 23.0 Å². The maximum atomic E-state index is 6.17. The van der Waals surface area contributed by atoms with Crippen molar-refractivity contribution in [3.63, 3.8) is 0 Å². The van der Waals surface area contributed by atoms with Gasteiger partial charge in [0.15, 0.2) is 5.82 Å². The Labute approximate surface area is 138 Å². The Hall–Kier alpha value is -1.33. The number of rotatable bonds is 6. The molecule has 1 unspecified atom stereocenters. The van der Waals surface area contributed by atoms with Crippen molar-refractivity contribution in [3.8, 4) is 0 Å². The summed E-state index contributed by atoms with van der Waals surface area (Å²) in [5.41, 5.74) is 1.15. The van der Waals surface area contributed by atoms with Crippen molar-refractivity contribution >= 4 is 39.3 Å². The second-order valence-electron chi connectivity index (χ2n) is 4.74. The summed E-state index contributed by atoms with van der Waals surface area (Å²) in [4.78, 5) is 8.59. The molecule has 112 valence electrons. The molecule has 2 aromatic rings. The minimum atomic E-state index is 0.0916. The quantitative estimate of drug-likeness (QED) is 0.761. The van der Waals surface area contributed by atoms with Gasteiger partial charge >= 0.3 is 0 Å². The molecule has 6 heteroatoms. The van der Waals surface area contributed by atoms with E-state index >= 15 is 0 Å². The van der Waals surface area contributed by atoms with Gasteiger partial charge in [0, 0.05) is 11.0 Å². The van der Waals surface area contributed by atoms with Crippen LogP contribution in [-0.4, -0.2) is 16.5 Å². The van der Waals surface area contributed by atoms with Gasteiger partial charge in [0.2, 0.25) is 5.95 Å². The molecule has 0 saturated carbocycles. The Morgan fingerprint density at radius 1 is 1.38 bits per heavy atom. The summed E-state index contributed by atoms with van der Waals surface area (Å²) in [6.45, 7) is 5.00. The minimum absolute atomic E-state index is 0.0916. The van der Waals surface area contributed by atoms with Crippen LogP contribution in [0.3, 0.4) is 0 Å². The lowest BCUT2D eigenvalue weighted by molar-refractivity contribution is 0.869. The largest absolute Gasteiger partial charge is 0.362 e. The highest BCUT2D eigenvalue weighted by Crippen LogP contribution is 2.26. The van der Waals surface area contributed by atoms with Crippen LogP contribution in [0, 0.1) is 0 Å². The first kappa shape index (κ1) is 16.0. The first-order valence-electron chi connectivity index (χ1n) is 6.88. The molecule has 0 aliphatic carbocycles. The molecule has 2 rings (SSSR count). The molecule has 1 heterocycles. The number of nitrogens with zero attached hydrogens (tertiary/aromatic N) is 2. The maximum Gasteiger partial charge on any atom is 0.224 e. The van der Waals surface area contributed by atoms with E-state index in [1.807, 2.05) is 12.1 Å². The fourth-order valence-corrected chi connectivity index (χ4v) is 2.42. The third-order valence-corrected chi connectivity index (χ3v) is 3.75. The molecule has 21 heavy (non-hydrogen) atoms. The predicted molar refractivity (Wildman–Crippen MR) is 92.0 cm³/mol. The van der Waals surface area contributed by atoms with Crippen molar-refractivity contribution in [1.82, 2.24) is 9.97 Å². The number of hydrogen-bond donors (Lipinski definition) is 2. The zero-order chi connectivity index (χ0) is 15.2. The van der Waals surface area contributed by atoms with Crippen molar-refractivity contribution in [2.24, 2.45) is 0 Å². The average Bonchev–Trinajstić information content (AvgIpc) is 2.48. The average molecular weight is 370 g/mol. The number of nitrogens with one attached hydrogen (secondary N) is 2. The third-order valence-electron chi connectivity index (χ3n) is 2.98. The molecule has 1 aromatic heterocycles. The lowest BCUT2D eigenvalue weighted by Gasteiger charge is -2.16. The van der Waals surface area contributed by atoms with E-state index in [-0.39, 0.29) is 6.04 Å². The Morgan fingerprint density at radius 2 is 2.19 bits per heavy atom. The summed E-state index contributed by atoms with van der Waals surface area (Å²) in [5, 5.41) is 7.00. The van der Waals surface area contributed by atoms with E-state index in [1.54, 1.807) is 6.20 Å². The van der Waals surface area contributed by atoms with Crippen LogP contribution in [0.1, 0.15) is 31.9 Å². The van der Waals surface area contributed by atoms with Gasteiger partial charge in [-0.25, -0.2) is 4.98 Å². The summed E-state index contributed by atoms with van der Waals surface area (Å²) in [5.74, 6) is 1.22. The van der Waals surface area contributed by atoms with Crippen LogP contribution in [0.25, 0.3) is 0 Å². The SMILES string of the molecule is CCCNc1ncc(Cl)c(NC(C)c2cccc(Br)c2)n1. The zero-order valence-corrected chi connectivity index (χ0v) is 14.4. The van der Waals surface area contributed by atoms with Crippen LogP contribution in [0.2, 0.25) is 5.02 Å². The normalized spacial score (nSPS) is 12.0. The first-order chi connectivity index (χ1) is 10.1. The fourth-order valence-electron chi connectivity index (χ4n) is 1.85. The topological polar surface area (TPSA) is 49.8 Å². The number of halogens is 2. The van der Waals surface area contributed by atoms with E-state index < -0.39 is 0 Å². The molecule has 0 saturated heterocycles. The van der Waals surface area contributed by atoms with Gasteiger partial charge in [-0.3, -0.25) is 0 Å². The highest BCUT2D eigenvalue weighted by Gasteiger charge is 2.10. The molecule has 0 aliphatic heterocycles. The Kier molecular flexibility index (Phi) is 5.82. The second-order valence-corrected chi connectivity index (χ2v) is 6.06. The van der Waals surface area contributed by atoms with Crippen molar-refractivity contribution in [2.75, 3.05) is 17.2 Å². The van der Waals surface area contributed by atoms with Crippen molar-refractivity contribution in [1.29, 1.82) is 0 Å². The summed E-state index contributed by atoms with van der Waals surface area (Å²) >= 11 is 9.65. The van der Waals surface area contributed by atoms with Crippen LogP contribution in [-0.2, 0) is 0 Å². The van der Waals surface area contributed by atoms with Crippen LogP contribution in [0.4, 0.5) is 11.8 Å². The number of anilines is 2. The lowest BCUT2D eigenvalue weighted by Crippen LogP contribution is -2.11. The zero-order valence-electron chi connectivity index (χ0n) is 12.0. The van der Waals surface area contributed by atoms with Gasteiger partial charge in [0.1, 0.15) is 5.02 Å². The van der Waals surface area contributed by atoms with Crippen LogP contribution in [0.5, 0.6) is 0 Å². The van der Waals surface area contributed by atoms with Gasteiger partial charge in [-0.2, -0.15) is 4.98 Å². The van der Waals surface area contributed by atoms with Gasteiger partial charge in [-0.1, -0.05) is 46.6 Å². The van der Waals surface area contributed by atoms with Gasteiger partial charge in [-0.15, -0.1) is 0 Å². The Balaban J connectivity index is 2.14. The lowest BCUT2D eigenvalue weighted by atomic mass is 10.1. The third kappa shape index (κ3) is 4.58. The van der Waals surface area contributed by atoms with Crippen LogP contribution >= 0.6 is 27.5 Å². The molecule has 0 amide bonds. The molecule has 0 aliphatic rings. The van der Waals surface area contributed by atoms with Crippen molar-refractivity contribution in [2.45, 2.75) is 26.3 Å². The molecule has 0 radical (unpaired) electrons. The summed E-state index contributed by atoms with van der Waals surface area (Å²) in [6, 6.07) is 8.24. The van der Waals surface area contributed by atoms with Crippen molar-refractivity contribution < 1.29 is 0 Å².